The van der Waals surface area contributed by atoms with Crippen molar-refractivity contribution in [1.82, 2.24) is 34.2 Å². The number of phosphoric ester groups is 1. The summed E-state index contributed by atoms with van der Waals surface area (Å²) < 4.78 is 116. The Morgan fingerprint density at radius 3 is 2.57 bits per heavy atom. The topological polar surface area (TPSA) is 291 Å². The van der Waals surface area contributed by atoms with Gasteiger partial charge in [-0.1, -0.05) is 19.1 Å². The summed E-state index contributed by atoms with van der Waals surface area (Å²) in [4.78, 5) is 51.6. The zero-order chi connectivity index (χ0) is 48.9. The van der Waals surface area contributed by atoms with Gasteiger partial charge in [0.05, 0.1) is 37.9 Å². The summed E-state index contributed by atoms with van der Waals surface area (Å²) in [6, 6.07) is -0.325. The number of allylic oxidation sites excluding steroid dienone is 4. The number of nitrogens with zero attached hydrogens (tertiary/aromatic N) is 5. The number of ether oxygens (including phenoxy) is 4. The number of aliphatic hydroxyl groups is 1. The minimum Gasteiger partial charge on any atom is -0.476 e. The lowest BCUT2D eigenvalue weighted by atomic mass is 9.90. The molecule has 0 amide bonds. The van der Waals surface area contributed by atoms with Crippen LogP contribution < -0.4 is 26.8 Å². The molecule has 5 N–H and O–H groups in total. The van der Waals surface area contributed by atoms with Crippen molar-refractivity contribution >= 4 is 38.7 Å². The average molecular weight is 987 g/mol. The zero-order valence-corrected chi connectivity index (χ0v) is 39.6. The number of hydrogen-bond donors (Lipinski definition) is 4. The summed E-state index contributed by atoms with van der Waals surface area (Å²) in [6.07, 6.45) is -0.992. The van der Waals surface area contributed by atoms with Gasteiger partial charge in [0.1, 0.15) is 36.2 Å². The first-order chi connectivity index (χ1) is 31.4. The summed E-state index contributed by atoms with van der Waals surface area (Å²) in [7, 11) is -9.23. The van der Waals surface area contributed by atoms with E-state index in [-0.39, 0.29) is 54.8 Å². The van der Waals surface area contributed by atoms with Crippen LogP contribution in [-0.4, -0.2) is 113 Å². The first-order valence-corrected chi connectivity index (χ1v) is 24.4. The van der Waals surface area contributed by atoms with Gasteiger partial charge >= 0.3 is 27.2 Å². The predicted molar refractivity (Wildman–Crippen MR) is 232 cm³/mol. The van der Waals surface area contributed by atoms with Gasteiger partial charge < -0.3 is 34.3 Å². The van der Waals surface area contributed by atoms with E-state index in [1.807, 2.05) is 4.98 Å². The van der Waals surface area contributed by atoms with Crippen molar-refractivity contribution in [2.75, 3.05) is 25.6 Å². The average Bonchev–Trinajstić information content (AvgIpc) is 3.76. The van der Waals surface area contributed by atoms with Crippen molar-refractivity contribution < 1.29 is 69.4 Å². The number of rotatable bonds is 17. The maximum atomic E-state index is 17.0. The van der Waals surface area contributed by atoms with Gasteiger partial charge in [-0.05, 0) is 79.0 Å². The van der Waals surface area contributed by atoms with Gasteiger partial charge in [-0.2, -0.15) is 15.1 Å². The number of alkyl halides is 2. The fourth-order valence-electron chi connectivity index (χ4n) is 7.85. The Morgan fingerprint density at radius 1 is 1.15 bits per heavy atom. The summed E-state index contributed by atoms with van der Waals surface area (Å²) >= 11 is 0. The number of nitrogens with two attached hydrogens (primary N) is 1. The molecule has 0 aromatic carbocycles. The van der Waals surface area contributed by atoms with Crippen molar-refractivity contribution in [3.8, 4) is 5.88 Å². The minimum atomic E-state index is -4.68. The van der Waals surface area contributed by atoms with Gasteiger partial charge in [-0.15, -0.1) is 0 Å². The number of anilines is 1. The van der Waals surface area contributed by atoms with Gasteiger partial charge in [-0.3, -0.25) is 41.8 Å². The van der Waals surface area contributed by atoms with E-state index in [0.29, 0.717) is 5.57 Å². The highest BCUT2D eigenvalue weighted by Crippen LogP contribution is 2.62. The third-order valence-electron chi connectivity index (χ3n) is 11.5. The second-order valence-electron chi connectivity index (χ2n) is 17.0. The molecule has 0 spiro atoms. The van der Waals surface area contributed by atoms with E-state index in [1.165, 1.54) is 36.9 Å². The normalized spacial score (nSPS) is 31.9. The number of fused-ring (bicyclic) bond motifs is 2. The van der Waals surface area contributed by atoms with E-state index in [4.69, 9.17) is 47.3 Å². The van der Waals surface area contributed by atoms with Crippen LogP contribution >= 0.6 is 15.6 Å². The number of esters is 1. The maximum absolute atomic E-state index is 17.0. The molecule has 0 saturated carbocycles. The van der Waals surface area contributed by atoms with E-state index in [0.717, 1.165) is 23.8 Å². The smallest absolute Gasteiger partial charge is 0.476 e. The fraction of sp³-hybridized carbons (Fsp3) is 0.600. The number of hydrogen-bond acceptors (Lipinski definition) is 19. The monoisotopic (exact) mass is 986 g/mol. The van der Waals surface area contributed by atoms with Crippen LogP contribution in [0.3, 0.4) is 0 Å². The van der Waals surface area contributed by atoms with Crippen molar-refractivity contribution in [1.29, 1.82) is 0 Å². The predicted octanol–water partition coefficient (Wildman–Crippen LogP) is 4.52. The molecule has 0 bridgehead atoms. The number of H-pyrrole nitrogens is 1. The molecule has 12 atom stereocenters. The Kier molecular flexibility index (Phi) is 14.2. The Hall–Kier alpha value is -4.68. The molecule has 3 aromatic heterocycles. The van der Waals surface area contributed by atoms with Gasteiger partial charge in [0.25, 0.3) is 5.56 Å². The molecule has 1 aliphatic carbocycles. The molecule has 368 valence electrons. The van der Waals surface area contributed by atoms with Gasteiger partial charge in [0.15, 0.2) is 35.0 Å². The number of imidazole rings is 1. The van der Waals surface area contributed by atoms with E-state index < -0.39 is 105 Å². The van der Waals surface area contributed by atoms with E-state index in [1.54, 1.807) is 46.8 Å². The molecule has 3 saturated heterocycles. The molecular weight excluding hydrogens is 932 g/mol. The molecule has 3 aliphatic heterocycles. The Labute approximate surface area is 382 Å². The molecule has 27 heteroatoms. The highest BCUT2D eigenvalue weighted by atomic mass is 31.2. The summed E-state index contributed by atoms with van der Waals surface area (Å²) in [5.74, 6) is -0.930. The second kappa shape index (κ2) is 19.0. The van der Waals surface area contributed by atoms with Gasteiger partial charge in [0, 0.05) is 12.3 Å². The molecule has 4 aliphatic rings. The molecule has 67 heavy (non-hydrogen) atoms. The molecule has 7 rings (SSSR count). The number of aliphatic hydroxyl groups excluding tert-OH is 1. The molecule has 0 radical (unpaired) electrons. The SMILES string of the molecule is CCOc1nc(N)nc2c1ncn2[C@@H]1O[C@@H]2COP(=O)(OC(C)(CC)C3=CC=C(OP(=O)(N[C@@H](C)C(=O)OC(C)C)OC[C@H]4O[C@@H](n5ccc(=O)[nH]c5=O)[C@](C)(F)[C@@H]4O)C=CC3)O[C@H]2[C@@]1(C)F. The van der Waals surface area contributed by atoms with E-state index >= 15 is 8.78 Å². The summed E-state index contributed by atoms with van der Waals surface area (Å²) in [5.41, 5.74) is -1.32. The van der Waals surface area contributed by atoms with Crippen molar-refractivity contribution in [2.45, 2.75) is 134 Å². The molecule has 3 unspecified atom stereocenters. The number of aromatic nitrogens is 6. The number of aromatic amines is 1. The quantitative estimate of drug-likeness (QED) is 0.107. The van der Waals surface area contributed by atoms with Crippen LogP contribution in [0, 0.1) is 0 Å². The van der Waals surface area contributed by atoms with E-state index in [9.17, 15) is 28.6 Å². The molecule has 6 heterocycles. The number of phosphoric acid groups is 1. The third kappa shape index (κ3) is 10.2. The van der Waals surface area contributed by atoms with Crippen LogP contribution in [0.15, 0.2) is 63.8 Å². The summed E-state index contributed by atoms with van der Waals surface area (Å²) in [5, 5.41) is 13.5. The fourth-order valence-corrected chi connectivity index (χ4v) is 11.2. The van der Waals surface area contributed by atoms with Crippen LogP contribution in [-0.2, 0) is 50.8 Å². The Balaban J connectivity index is 1.08. The Morgan fingerprint density at radius 2 is 1.88 bits per heavy atom. The number of carbonyl (C=O) groups excluding carboxylic acids is 1. The van der Waals surface area contributed by atoms with Crippen molar-refractivity contribution in [3.63, 3.8) is 0 Å². The number of carbonyl (C=O) groups is 1. The maximum Gasteiger partial charge on any atom is 0.476 e. The van der Waals surface area contributed by atoms with Crippen LogP contribution in [0.4, 0.5) is 14.7 Å². The third-order valence-corrected chi connectivity index (χ3v) is 14.7. The highest BCUT2D eigenvalue weighted by Gasteiger charge is 2.63. The molecule has 3 fully saturated rings. The highest BCUT2D eigenvalue weighted by molar-refractivity contribution is 7.51. The largest absolute Gasteiger partial charge is 0.476 e. The van der Waals surface area contributed by atoms with E-state index in [2.05, 4.69) is 20.0 Å². The number of halogens is 2. The minimum absolute atomic E-state index is 0.0796. The van der Waals surface area contributed by atoms with Gasteiger partial charge in [0.2, 0.25) is 11.8 Å². The first-order valence-electron chi connectivity index (χ1n) is 21.4. The zero-order valence-electron chi connectivity index (χ0n) is 37.8. The first kappa shape index (κ1) is 50.2. The van der Waals surface area contributed by atoms with Crippen molar-refractivity contribution in [3.05, 3.63) is 75.1 Å². The molecule has 3 aromatic rings. The second-order valence-corrected chi connectivity index (χ2v) is 20.2. The summed E-state index contributed by atoms with van der Waals surface area (Å²) in [6.45, 7) is 11.0. The van der Waals surface area contributed by atoms with Crippen LogP contribution in [0.2, 0.25) is 0 Å². The van der Waals surface area contributed by atoms with Crippen LogP contribution in [0.5, 0.6) is 5.88 Å². The molecular formula is C40H54F2N8O15P2. The lowest BCUT2D eigenvalue weighted by molar-refractivity contribution is -0.149. The standard InChI is InChI=1S/C40H54F2N8O15P2/c1-9-38(6,65-67(56)59-19-26-30(64-67)40(8,42)35(62-26)50-20-44-28-31(50)46-36(43)47-32(28)57-10-2)23-12-11-13-24(15-14-23)63-66(55,48-22(5)33(53)60-21(3)4)58-18-25-29(52)39(7,41)34(61-25)49-17-16-27(51)45-37(49)54/h11,13-17,20-22,25-26,29-30,34-35,52H,9-10,12,18-19H2,1-8H3,(H,48,55)(H2,43,46,47)(H,45,51,54)/t22-,25+,26+,29+,30+,34+,35+,38?,39+,40+,66?,67?/m0/s1. The lowest BCUT2D eigenvalue weighted by Gasteiger charge is -2.39. The number of nitrogens with one attached hydrogen (secondary N) is 2. The van der Waals surface area contributed by atoms with Gasteiger partial charge in [-0.25, -0.2) is 27.7 Å². The van der Waals surface area contributed by atoms with Crippen LogP contribution in [0.1, 0.15) is 80.7 Å². The van der Waals surface area contributed by atoms with Crippen molar-refractivity contribution in [2.24, 2.45) is 0 Å². The Bertz CT molecular complexity index is 2670. The molecule has 23 nitrogen and oxygen atoms in total. The number of nitrogen functional groups attached to an aromatic ring is 1. The van der Waals surface area contributed by atoms with Crippen LogP contribution in [0.25, 0.3) is 11.2 Å². The lowest BCUT2D eigenvalue weighted by Crippen LogP contribution is -2.45.